The number of anilines is 1. The molecule has 1 aromatic carbocycles. The topological polar surface area (TPSA) is 54.5 Å². The smallest absolute Gasteiger partial charge is 0.239 e. The van der Waals surface area contributed by atoms with Crippen molar-refractivity contribution >= 4 is 23.8 Å². The lowest BCUT2D eigenvalue weighted by Crippen LogP contribution is -2.32. The molecule has 4 nitrogen and oxygen atoms in total. The fraction of sp³-hybridized carbons (Fsp3) is 0.308. The summed E-state index contributed by atoms with van der Waals surface area (Å²) in [6.45, 7) is 3.51. The summed E-state index contributed by atoms with van der Waals surface area (Å²) in [7, 11) is 0. The zero-order valence-corrected chi connectivity index (χ0v) is 9.77. The van der Waals surface area contributed by atoms with E-state index in [9.17, 15) is 14.4 Å². The van der Waals surface area contributed by atoms with Crippen molar-refractivity contribution in [3.05, 3.63) is 29.8 Å². The lowest BCUT2D eigenvalue weighted by molar-refractivity contribution is -0.124. The Morgan fingerprint density at radius 1 is 1.18 bits per heavy atom. The van der Waals surface area contributed by atoms with Gasteiger partial charge in [-0.3, -0.25) is 19.3 Å². The van der Waals surface area contributed by atoms with Crippen LogP contribution in [0.2, 0.25) is 0 Å². The molecule has 0 atom stereocenters. The number of benzene rings is 1. The third-order valence-electron chi connectivity index (χ3n) is 2.91. The molecule has 2 rings (SSSR count). The van der Waals surface area contributed by atoms with E-state index >= 15 is 0 Å². The summed E-state index contributed by atoms with van der Waals surface area (Å²) in [6.07, 6.45) is 0.947. The van der Waals surface area contributed by atoms with Crippen molar-refractivity contribution in [2.24, 2.45) is 5.41 Å². The molecule has 1 aliphatic rings. The maximum absolute atomic E-state index is 12.0. The second-order valence-corrected chi connectivity index (χ2v) is 4.80. The van der Waals surface area contributed by atoms with Gasteiger partial charge in [0.1, 0.15) is 6.29 Å². The highest BCUT2D eigenvalue weighted by molar-refractivity contribution is 6.22. The molecule has 1 aromatic rings. The van der Waals surface area contributed by atoms with Crippen LogP contribution in [0.3, 0.4) is 0 Å². The maximum Gasteiger partial charge on any atom is 0.239 e. The van der Waals surface area contributed by atoms with Crippen LogP contribution in [0.15, 0.2) is 24.3 Å². The van der Waals surface area contributed by atoms with Crippen molar-refractivity contribution in [1.29, 1.82) is 0 Å². The van der Waals surface area contributed by atoms with E-state index in [1.165, 1.54) is 4.90 Å². The molecule has 4 heteroatoms. The normalized spacial score (nSPS) is 18.6. The summed E-state index contributed by atoms with van der Waals surface area (Å²) < 4.78 is 0. The summed E-state index contributed by atoms with van der Waals surface area (Å²) in [6, 6.07) is 6.41. The van der Waals surface area contributed by atoms with E-state index in [2.05, 4.69) is 0 Å². The van der Waals surface area contributed by atoms with Crippen LogP contribution in [0.1, 0.15) is 30.6 Å². The monoisotopic (exact) mass is 231 g/mol. The standard InChI is InChI=1S/C13H13NO3/c1-13(2)7-11(16)14(12(13)17)10-5-3-9(8-15)4-6-10/h3-6,8H,7H2,1-2H3. The predicted molar refractivity (Wildman–Crippen MR) is 62.7 cm³/mol. The maximum atomic E-state index is 12.0. The predicted octanol–water partition coefficient (Wildman–Crippen LogP) is 1.79. The number of hydrogen-bond acceptors (Lipinski definition) is 3. The molecule has 0 radical (unpaired) electrons. The molecule has 0 N–H and O–H groups in total. The minimum Gasteiger partial charge on any atom is -0.298 e. The Balaban J connectivity index is 2.37. The zero-order valence-electron chi connectivity index (χ0n) is 9.77. The van der Waals surface area contributed by atoms with Crippen molar-refractivity contribution in [2.75, 3.05) is 4.90 Å². The van der Waals surface area contributed by atoms with Crippen LogP contribution in [0, 0.1) is 5.41 Å². The van der Waals surface area contributed by atoms with Crippen molar-refractivity contribution < 1.29 is 14.4 Å². The molecular weight excluding hydrogens is 218 g/mol. The third kappa shape index (κ3) is 1.86. The minimum atomic E-state index is -0.638. The van der Waals surface area contributed by atoms with Crippen molar-refractivity contribution in [2.45, 2.75) is 20.3 Å². The molecule has 88 valence electrons. The third-order valence-corrected chi connectivity index (χ3v) is 2.91. The van der Waals surface area contributed by atoms with E-state index in [1.54, 1.807) is 38.1 Å². The Kier molecular flexibility index (Phi) is 2.58. The molecular formula is C13H13NO3. The summed E-state index contributed by atoms with van der Waals surface area (Å²) in [4.78, 5) is 35.5. The van der Waals surface area contributed by atoms with Gasteiger partial charge in [0.15, 0.2) is 0 Å². The van der Waals surface area contributed by atoms with E-state index < -0.39 is 5.41 Å². The van der Waals surface area contributed by atoms with Gasteiger partial charge in [0.25, 0.3) is 0 Å². The Morgan fingerprint density at radius 2 is 1.76 bits per heavy atom. The Labute approximate surface area is 99.2 Å². The number of rotatable bonds is 2. The molecule has 1 aliphatic heterocycles. The van der Waals surface area contributed by atoms with Gasteiger partial charge in [-0.15, -0.1) is 0 Å². The molecule has 0 aliphatic carbocycles. The largest absolute Gasteiger partial charge is 0.298 e. The second-order valence-electron chi connectivity index (χ2n) is 4.80. The zero-order chi connectivity index (χ0) is 12.6. The fourth-order valence-corrected chi connectivity index (χ4v) is 1.91. The van der Waals surface area contributed by atoms with Gasteiger partial charge in [0.05, 0.1) is 11.1 Å². The highest BCUT2D eigenvalue weighted by atomic mass is 16.2. The van der Waals surface area contributed by atoms with Gasteiger partial charge in [-0.25, -0.2) is 0 Å². The average molecular weight is 231 g/mol. The highest BCUT2D eigenvalue weighted by Crippen LogP contribution is 2.34. The number of amides is 2. The van der Waals surface area contributed by atoms with Gasteiger partial charge in [0.2, 0.25) is 11.8 Å². The molecule has 2 amide bonds. The Hall–Kier alpha value is -1.97. The van der Waals surface area contributed by atoms with Crippen LogP contribution in [0.5, 0.6) is 0 Å². The van der Waals surface area contributed by atoms with Crippen molar-refractivity contribution in [1.82, 2.24) is 0 Å². The van der Waals surface area contributed by atoms with Crippen LogP contribution in [-0.2, 0) is 9.59 Å². The lowest BCUT2D eigenvalue weighted by atomic mass is 9.92. The second kappa shape index (κ2) is 3.80. The first-order valence-electron chi connectivity index (χ1n) is 5.38. The van der Waals surface area contributed by atoms with Crippen LogP contribution in [0.4, 0.5) is 5.69 Å². The van der Waals surface area contributed by atoms with Crippen molar-refractivity contribution in [3.63, 3.8) is 0 Å². The van der Waals surface area contributed by atoms with Crippen LogP contribution in [0.25, 0.3) is 0 Å². The molecule has 17 heavy (non-hydrogen) atoms. The van der Waals surface area contributed by atoms with Gasteiger partial charge < -0.3 is 0 Å². The first kappa shape index (κ1) is 11.5. The van der Waals surface area contributed by atoms with Crippen LogP contribution in [-0.4, -0.2) is 18.1 Å². The molecule has 0 unspecified atom stereocenters. The first-order valence-corrected chi connectivity index (χ1v) is 5.38. The quantitative estimate of drug-likeness (QED) is 0.576. The molecule has 0 spiro atoms. The van der Waals surface area contributed by atoms with E-state index in [-0.39, 0.29) is 18.2 Å². The minimum absolute atomic E-state index is 0.193. The molecule has 0 saturated carbocycles. The molecule has 0 bridgehead atoms. The van der Waals surface area contributed by atoms with Gasteiger partial charge in [0, 0.05) is 12.0 Å². The molecule has 0 aromatic heterocycles. The van der Waals surface area contributed by atoms with E-state index in [0.717, 1.165) is 6.29 Å². The van der Waals surface area contributed by atoms with Gasteiger partial charge in [-0.2, -0.15) is 0 Å². The number of carbonyl (C=O) groups excluding carboxylic acids is 3. The number of imide groups is 1. The number of nitrogens with zero attached hydrogens (tertiary/aromatic N) is 1. The lowest BCUT2D eigenvalue weighted by Gasteiger charge is -2.17. The van der Waals surface area contributed by atoms with E-state index in [0.29, 0.717) is 11.3 Å². The van der Waals surface area contributed by atoms with Crippen LogP contribution >= 0.6 is 0 Å². The molecule has 1 heterocycles. The van der Waals surface area contributed by atoms with E-state index in [1.807, 2.05) is 0 Å². The summed E-state index contributed by atoms with van der Waals surface area (Å²) in [5, 5.41) is 0. The van der Waals surface area contributed by atoms with E-state index in [4.69, 9.17) is 0 Å². The van der Waals surface area contributed by atoms with Gasteiger partial charge >= 0.3 is 0 Å². The first-order chi connectivity index (χ1) is 7.95. The van der Waals surface area contributed by atoms with Crippen molar-refractivity contribution in [3.8, 4) is 0 Å². The average Bonchev–Trinajstić information content (AvgIpc) is 2.49. The Morgan fingerprint density at radius 3 is 2.18 bits per heavy atom. The number of aldehydes is 1. The summed E-state index contributed by atoms with van der Waals surface area (Å²) in [5.41, 5.74) is 0.406. The molecule has 1 saturated heterocycles. The fourth-order valence-electron chi connectivity index (χ4n) is 1.91. The van der Waals surface area contributed by atoms with Gasteiger partial charge in [-0.1, -0.05) is 13.8 Å². The highest BCUT2D eigenvalue weighted by Gasteiger charge is 2.45. The Bertz CT molecular complexity index is 488. The number of carbonyl (C=O) groups is 3. The number of hydrogen-bond donors (Lipinski definition) is 0. The summed E-state index contributed by atoms with van der Waals surface area (Å²) in [5.74, 6) is -0.389. The van der Waals surface area contributed by atoms with Crippen LogP contribution < -0.4 is 4.90 Å². The molecule has 1 fully saturated rings. The van der Waals surface area contributed by atoms with Gasteiger partial charge in [-0.05, 0) is 24.3 Å². The summed E-state index contributed by atoms with van der Waals surface area (Å²) >= 11 is 0. The SMILES string of the molecule is CC1(C)CC(=O)N(c2ccc(C=O)cc2)C1=O.